The van der Waals surface area contributed by atoms with Crippen LogP contribution >= 0.6 is 11.6 Å². The molecule has 5 aromatic rings. The second kappa shape index (κ2) is 11.1. The predicted molar refractivity (Wildman–Crippen MR) is 160 cm³/mol. The number of alkyl halides is 2. The van der Waals surface area contributed by atoms with E-state index in [2.05, 4.69) is 19.9 Å². The number of imidazole rings is 1. The van der Waals surface area contributed by atoms with Crippen LogP contribution < -0.4 is 15.4 Å². The van der Waals surface area contributed by atoms with Crippen molar-refractivity contribution in [2.45, 2.75) is 44.9 Å². The Hall–Kier alpha value is -5.11. The van der Waals surface area contributed by atoms with Crippen LogP contribution in [0, 0.1) is 11.7 Å². The van der Waals surface area contributed by atoms with E-state index < -0.39 is 29.8 Å². The van der Waals surface area contributed by atoms with Crippen molar-refractivity contribution in [3.63, 3.8) is 0 Å². The molecule has 0 unspecified atom stereocenters. The highest BCUT2D eigenvalue weighted by molar-refractivity contribution is 6.30. The predicted octanol–water partition coefficient (Wildman–Crippen LogP) is 5.25. The molecule has 1 atom stereocenters. The van der Waals surface area contributed by atoms with Crippen LogP contribution in [-0.2, 0) is 17.8 Å². The van der Waals surface area contributed by atoms with E-state index in [1.54, 1.807) is 23.6 Å². The smallest absolute Gasteiger partial charge is 0.423 e. The maximum atomic E-state index is 15.0. The van der Waals surface area contributed by atoms with E-state index in [-0.39, 0.29) is 34.6 Å². The summed E-state index contributed by atoms with van der Waals surface area (Å²) in [6, 6.07) is 6.89. The topological polar surface area (TPSA) is 142 Å². The van der Waals surface area contributed by atoms with E-state index in [9.17, 15) is 22.8 Å². The maximum Gasteiger partial charge on any atom is 0.482 e. The van der Waals surface area contributed by atoms with Gasteiger partial charge < -0.3 is 15.0 Å². The first-order valence-corrected chi connectivity index (χ1v) is 14.7. The summed E-state index contributed by atoms with van der Waals surface area (Å²) in [5.74, 6) is -2.61. The fourth-order valence-electron chi connectivity index (χ4n) is 5.57. The zero-order valence-corrected chi connectivity index (χ0v) is 24.9. The molecular weight excluding hydrogens is 625 g/mol. The van der Waals surface area contributed by atoms with Gasteiger partial charge in [0.15, 0.2) is 23.0 Å². The van der Waals surface area contributed by atoms with Gasteiger partial charge in [-0.15, -0.1) is 0 Å². The van der Waals surface area contributed by atoms with Crippen LogP contribution in [0.25, 0.3) is 22.3 Å². The maximum absolute atomic E-state index is 15.0. The first kappa shape index (κ1) is 29.6. The van der Waals surface area contributed by atoms with Crippen LogP contribution in [0.4, 0.5) is 18.9 Å². The second-order valence-electron chi connectivity index (χ2n) is 11.2. The number of fused-ring (bicyclic) bond motifs is 2. The lowest BCUT2D eigenvalue weighted by atomic mass is 9.94. The van der Waals surface area contributed by atoms with Crippen molar-refractivity contribution in [3.8, 4) is 16.9 Å². The molecule has 11 nitrogen and oxygen atoms in total. The molecule has 1 aliphatic heterocycles. The lowest BCUT2D eigenvalue weighted by molar-refractivity contribution is -0.193. The number of carbonyl (C=O) groups excluding carboxylic acids is 2. The van der Waals surface area contributed by atoms with Gasteiger partial charge in [-0.05, 0) is 61.9 Å². The molecule has 1 aromatic carbocycles. The van der Waals surface area contributed by atoms with Crippen molar-refractivity contribution >= 4 is 40.3 Å². The lowest BCUT2D eigenvalue weighted by Crippen LogP contribution is -2.50. The summed E-state index contributed by atoms with van der Waals surface area (Å²) in [6.45, 7) is 1.51. The van der Waals surface area contributed by atoms with E-state index in [4.69, 9.17) is 27.1 Å². The first-order chi connectivity index (χ1) is 22.0. The first-order valence-electron chi connectivity index (χ1n) is 14.3. The zero-order chi connectivity index (χ0) is 32.3. The van der Waals surface area contributed by atoms with Gasteiger partial charge in [0.25, 0.3) is 5.91 Å². The summed E-state index contributed by atoms with van der Waals surface area (Å²) >= 11 is 5.91. The summed E-state index contributed by atoms with van der Waals surface area (Å²) < 4.78 is 50.1. The van der Waals surface area contributed by atoms with Crippen molar-refractivity contribution in [1.29, 1.82) is 0 Å². The van der Waals surface area contributed by atoms with Crippen molar-refractivity contribution < 1.29 is 27.5 Å². The van der Waals surface area contributed by atoms with E-state index in [1.165, 1.54) is 30.7 Å². The number of nitrogens with two attached hydrogens (primary N) is 1. The minimum atomic E-state index is -4.18. The summed E-state index contributed by atoms with van der Waals surface area (Å²) in [4.78, 5) is 48.4. The largest absolute Gasteiger partial charge is 0.482 e. The highest BCUT2D eigenvalue weighted by Crippen LogP contribution is 2.45. The third-order valence-corrected chi connectivity index (χ3v) is 8.24. The van der Waals surface area contributed by atoms with Gasteiger partial charge in [-0.25, -0.2) is 24.3 Å². The van der Waals surface area contributed by atoms with Crippen molar-refractivity contribution in [3.05, 3.63) is 88.9 Å². The molecular formula is C31H24ClF3N8O3. The van der Waals surface area contributed by atoms with Gasteiger partial charge >= 0.3 is 12.0 Å². The Balaban J connectivity index is 1.39. The number of nitrogens with zero attached hydrogens (tertiary/aromatic N) is 7. The standard InChI is InChI=1S/C31H24ClF3N8O3/c1-15(28-38-11-19(33)12-39-28)43-14-40-26-24(25(27(36)44)21(41-29(26)43)8-16-2-3-16)17-4-7-22-23(9-17)46-31(34,35)30(45)42(22)13-20-6-5-18(32)10-37-20/h4-7,9-12,14-16H,2-3,8,13H2,1H3,(H2,36,44)/t15-/m0/s1. The summed E-state index contributed by atoms with van der Waals surface area (Å²) in [5, 5.41) is 0.351. The van der Waals surface area contributed by atoms with Crippen LogP contribution in [0.5, 0.6) is 5.75 Å². The Morgan fingerprint density at radius 2 is 1.89 bits per heavy atom. The Morgan fingerprint density at radius 3 is 2.57 bits per heavy atom. The third-order valence-electron chi connectivity index (χ3n) is 8.02. The fourth-order valence-corrected chi connectivity index (χ4v) is 5.68. The number of hydrogen-bond donors (Lipinski definition) is 1. The monoisotopic (exact) mass is 648 g/mol. The molecule has 2 N–H and O–H groups in total. The molecule has 2 amide bonds. The molecule has 7 rings (SSSR count). The van der Waals surface area contributed by atoms with Crippen LogP contribution in [0.1, 0.15) is 53.4 Å². The molecule has 4 aromatic heterocycles. The zero-order valence-electron chi connectivity index (χ0n) is 24.1. The molecule has 0 spiro atoms. The summed E-state index contributed by atoms with van der Waals surface area (Å²) in [7, 11) is 0. The summed E-state index contributed by atoms with van der Waals surface area (Å²) in [6.07, 6.45) is 3.16. The number of hydrogen-bond acceptors (Lipinski definition) is 8. The number of ether oxygens (including phenoxy) is 1. The number of amides is 2. The molecule has 234 valence electrons. The van der Waals surface area contributed by atoms with Crippen LogP contribution in [0.15, 0.2) is 55.2 Å². The average molecular weight is 649 g/mol. The average Bonchev–Trinajstić information content (AvgIpc) is 3.74. The molecule has 46 heavy (non-hydrogen) atoms. The number of aromatic nitrogens is 6. The number of primary amides is 1. The van der Waals surface area contributed by atoms with Crippen LogP contribution in [0.2, 0.25) is 5.02 Å². The number of halogens is 4. The molecule has 0 radical (unpaired) electrons. The van der Waals surface area contributed by atoms with Gasteiger partial charge in [0, 0.05) is 11.8 Å². The van der Waals surface area contributed by atoms with Crippen LogP contribution in [-0.4, -0.2) is 47.4 Å². The van der Waals surface area contributed by atoms with Gasteiger partial charge in [-0.3, -0.25) is 19.5 Å². The molecule has 1 aliphatic carbocycles. The SMILES string of the molecule is C[C@@H](c1ncc(F)cn1)n1cnc2c(-c3ccc4c(c3)OC(F)(F)C(=O)N4Cc3ccc(Cl)cn3)c(C(N)=O)c(CC3CC3)nc21. The van der Waals surface area contributed by atoms with Gasteiger partial charge in [-0.1, -0.05) is 17.7 Å². The van der Waals surface area contributed by atoms with Gasteiger partial charge in [-0.2, -0.15) is 8.78 Å². The molecule has 15 heteroatoms. The number of anilines is 1. The molecule has 0 bridgehead atoms. The van der Waals surface area contributed by atoms with Gasteiger partial charge in [0.2, 0.25) is 0 Å². The third kappa shape index (κ3) is 5.27. The molecule has 1 saturated carbocycles. The van der Waals surface area contributed by atoms with E-state index in [0.29, 0.717) is 45.8 Å². The second-order valence-corrected chi connectivity index (χ2v) is 11.7. The molecule has 5 heterocycles. The molecule has 2 aliphatic rings. The number of benzene rings is 1. The van der Waals surface area contributed by atoms with Crippen LogP contribution in [0.3, 0.4) is 0 Å². The number of carbonyl (C=O) groups is 2. The fraction of sp³-hybridized carbons (Fsp3) is 0.258. The lowest BCUT2D eigenvalue weighted by Gasteiger charge is -2.33. The number of rotatable bonds is 8. The highest BCUT2D eigenvalue weighted by Gasteiger charge is 2.50. The quantitative estimate of drug-likeness (QED) is 0.240. The Morgan fingerprint density at radius 1 is 1.13 bits per heavy atom. The van der Waals surface area contributed by atoms with Gasteiger partial charge in [0.05, 0.1) is 59.0 Å². The minimum absolute atomic E-state index is 0.0770. The number of pyridine rings is 2. The van der Waals surface area contributed by atoms with E-state index in [1.807, 2.05) is 0 Å². The minimum Gasteiger partial charge on any atom is -0.423 e. The molecule has 0 saturated heterocycles. The van der Waals surface area contributed by atoms with E-state index >= 15 is 0 Å². The Bertz CT molecular complexity index is 2020. The van der Waals surface area contributed by atoms with Crippen molar-refractivity contribution in [2.75, 3.05) is 4.90 Å². The van der Waals surface area contributed by atoms with Gasteiger partial charge in [0.1, 0.15) is 5.52 Å². The normalized spacial score (nSPS) is 16.3. The summed E-state index contributed by atoms with van der Waals surface area (Å²) in [5.41, 5.74) is 8.08. The van der Waals surface area contributed by atoms with Crippen molar-refractivity contribution in [1.82, 2.24) is 29.5 Å². The Labute approximate surface area is 264 Å². The molecule has 1 fully saturated rings. The van der Waals surface area contributed by atoms with E-state index in [0.717, 1.165) is 30.1 Å². The van der Waals surface area contributed by atoms with Crippen molar-refractivity contribution in [2.24, 2.45) is 11.7 Å². The Kier molecular flexibility index (Phi) is 7.11. The highest BCUT2D eigenvalue weighted by atomic mass is 35.5.